The van der Waals surface area contributed by atoms with Crippen LogP contribution in [-0.4, -0.2) is 38.9 Å². The molecule has 0 fully saturated rings. The number of carbonyl (C=O) groups excluding carboxylic acids is 1. The molecular formula is C18H20N4O2S. The van der Waals surface area contributed by atoms with Gasteiger partial charge in [-0.05, 0) is 26.0 Å². The van der Waals surface area contributed by atoms with E-state index in [1.165, 1.54) is 15.8 Å². The highest BCUT2D eigenvalue weighted by molar-refractivity contribution is 7.09. The highest BCUT2D eigenvalue weighted by atomic mass is 32.1. The number of thiazole rings is 1. The van der Waals surface area contributed by atoms with Crippen LogP contribution in [0.5, 0.6) is 0 Å². The van der Waals surface area contributed by atoms with Gasteiger partial charge in [-0.15, -0.1) is 11.3 Å². The molecule has 2 heterocycles. The van der Waals surface area contributed by atoms with E-state index in [-0.39, 0.29) is 11.5 Å². The van der Waals surface area contributed by atoms with Gasteiger partial charge in [0.25, 0.3) is 5.56 Å². The first-order chi connectivity index (χ1) is 12.0. The Kier molecular flexibility index (Phi) is 4.94. The lowest BCUT2D eigenvalue weighted by Crippen LogP contribution is -2.38. The predicted molar refractivity (Wildman–Crippen MR) is 98.9 cm³/mol. The molecule has 1 aromatic carbocycles. The summed E-state index contributed by atoms with van der Waals surface area (Å²) in [6.07, 6.45) is 2.21. The highest BCUT2D eigenvalue weighted by Crippen LogP contribution is 2.15. The minimum absolute atomic E-state index is 0.110. The fraction of sp³-hybridized carbons (Fsp3) is 0.333. The van der Waals surface area contributed by atoms with Gasteiger partial charge < -0.3 is 4.90 Å². The largest absolute Gasteiger partial charge is 0.344 e. The Balaban J connectivity index is 1.76. The average Bonchev–Trinajstić information content (AvgIpc) is 3.04. The van der Waals surface area contributed by atoms with E-state index < -0.39 is 6.04 Å². The van der Waals surface area contributed by atoms with Crippen LogP contribution in [0.25, 0.3) is 10.9 Å². The molecule has 3 rings (SSSR count). The van der Waals surface area contributed by atoms with Gasteiger partial charge >= 0.3 is 0 Å². The second kappa shape index (κ2) is 7.14. The van der Waals surface area contributed by atoms with Gasteiger partial charge in [-0.1, -0.05) is 12.1 Å². The number of hydrogen-bond acceptors (Lipinski definition) is 5. The minimum Gasteiger partial charge on any atom is -0.344 e. The van der Waals surface area contributed by atoms with Crippen LogP contribution in [0.15, 0.2) is 40.9 Å². The van der Waals surface area contributed by atoms with E-state index in [9.17, 15) is 9.59 Å². The second-order valence-electron chi connectivity index (χ2n) is 6.02. The molecule has 25 heavy (non-hydrogen) atoms. The number of fused-ring (bicyclic) bond motifs is 1. The standard InChI is InChI=1S/C18H20N4O2S/c1-12-16(25-11-20-12)8-9-21(3)17(23)13(2)22-10-19-15-7-5-4-6-14(15)18(22)24/h4-7,10-11,13H,8-9H2,1-3H3/t13-/m1/s1. The van der Waals surface area contributed by atoms with Gasteiger partial charge in [0.05, 0.1) is 28.4 Å². The molecule has 0 aliphatic carbocycles. The van der Waals surface area contributed by atoms with Crippen LogP contribution in [-0.2, 0) is 11.2 Å². The molecule has 3 aromatic rings. The summed E-state index contributed by atoms with van der Waals surface area (Å²) in [7, 11) is 1.76. The zero-order chi connectivity index (χ0) is 18.0. The van der Waals surface area contributed by atoms with Gasteiger partial charge in [-0.3, -0.25) is 14.2 Å². The third-order valence-electron chi connectivity index (χ3n) is 4.36. The molecule has 0 aliphatic rings. The summed E-state index contributed by atoms with van der Waals surface area (Å²) in [6.45, 7) is 4.28. The van der Waals surface area contributed by atoms with Crippen molar-refractivity contribution in [2.75, 3.05) is 13.6 Å². The Bertz CT molecular complexity index is 963. The first-order valence-electron chi connectivity index (χ1n) is 8.09. The third kappa shape index (κ3) is 3.46. The van der Waals surface area contributed by atoms with Crippen molar-refractivity contribution < 1.29 is 4.79 Å². The van der Waals surface area contributed by atoms with E-state index in [0.29, 0.717) is 17.4 Å². The number of aromatic nitrogens is 3. The number of aryl methyl sites for hydroxylation is 1. The number of benzene rings is 1. The second-order valence-corrected chi connectivity index (χ2v) is 6.96. The lowest BCUT2D eigenvalue weighted by molar-refractivity contribution is -0.133. The summed E-state index contributed by atoms with van der Waals surface area (Å²) in [5.41, 5.74) is 3.26. The molecule has 0 aliphatic heterocycles. The quantitative estimate of drug-likeness (QED) is 0.704. The molecule has 7 heteroatoms. The van der Waals surface area contributed by atoms with Gasteiger partial charge in [0.2, 0.25) is 5.91 Å². The van der Waals surface area contributed by atoms with Crippen molar-refractivity contribution in [1.29, 1.82) is 0 Å². The molecule has 0 saturated heterocycles. The highest BCUT2D eigenvalue weighted by Gasteiger charge is 2.21. The van der Waals surface area contributed by atoms with Gasteiger partial charge in [-0.25, -0.2) is 9.97 Å². The van der Waals surface area contributed by atoms with Crippen LogP contribution < -0.4 is 5.56 Å². The van der Waals surface area contributed by atoms with Crippen LogP contribution in [0.1, 0.15) is 23.5 Å². The zero-order valence-electron chi connectivity index (χ0n) is 14.5. The van der Waals surface area contributed by atoms with Crippen molar-refractivity contribution in [3.05, 3.63) is 57.0 Å². The predicted octanol–water partition coefficient (Wildman–Crippen LogP) is 2.42. The Labute approximate surface area is 149 Å². The number of hydrogen-bond donors (Lipinski definition) is 0. The first kappa shape index (κ1) is 17.3. The van der Waals surface area contributed by atoms with E-state index in [4.69, 9.17) is 0 Å². The van der Waals surface area contributed by atoms with E-state index in [1.807, 2.05) is 18.5 Å². The molecule has 0 saturated carbocycles. The molecule has 0 unspecified atom stereocenters. The maximum Gasteiger partial charge on any atom is 0.261 e. The summed E-state index contributed by atoms with van der Waals surface area (Å²) in [5, 5.41) is 0.521. The molecule has 0 spiro atoms. The first-order valence-corrected chi connectivity index (χ1v) is 8.97. The van der Waals surface area contributed by atoms with Gasteiger partial charge in [0.1, 0.15) is 6.04 Å². The lowest BCUT2D eigenvalue weighted by Gasteiger charge is -2.22. The number of para-hydroxylation sites is 1. The Morgan fingerprint density at radius 1 is 1.32 bits per heavy atom. The van der Waals surface area contributed by atoms with Crippen LogP contribution in [0.3, 0.4) is 0 Å². The molecule has 0 bridgehead atoms. The van der Waals surface area contributed by atoms with Crippen LogP contribution in [0.2, 0.25) is 0 Å². The van der Waals surface area contributed by atoms with Crippen molar-refractivity contribution in [1.82, 2.24) is 19.4 Å². The normalized spacial score (nSPS) is 12.3. The summed E-state index contributed by atoms with van der Waals surface area (Å²) in [6, 6.07) is 6.55. The number of amides is 1. The van der Waals surface area contributed by atoms with E-state index >= 15 is 0 Å². The van der Waals surface area contributed by atoms with Crippen molar-refractivity contribution in [3.8, 4) is 0 Å². The van der Waals surface area contributed by atoms with Gasteiger partial charge in [0.15, 0.2) is 0 Å². The summed E-state index contributed by atoms with van der Waals surface area (Å²) < 4.78 is 1.40. The van der Waals surface area contributed by atoms with Crippen molar-refractivity contribution in [3.63, 3.8) is 0 Å². The SMILES string of the molecule is Cc1ncsc1CCN(C)C(=O)[C@@H](C)n1cnc2ccccc2c1=O. The lowest BCUT2D eigenvalue weighted by atomic mass is 10.2. The molecule has 1 atom stereocenters. The van der Waals surface area contributed by atoms with E-state index in [1.54, 1.807) is 48.4 Å². The van der Waals surface area contributed by atoms with Crippen LogP contribution >= 0.6 is 11.3 Å². The minimum atomic E-state index is -0.600. The van der Waals surface area contributed by atoms with Gasteiger partial charge in [0, 0.05) is 24.9 Å². The Hall–Kier alpha value is -2.54. The fourth-order valence-corrected chi connectivity index (χ4v) is 3.51. The van der Waals surface area contributed by atoms with Gasteiger partial charge in [-0.2, -0.15) is 0 Å². The molecule has 130 valence electrons. The molecule has 0 radical (unpaired) electrons. The monoisotopic (exact) mass is 356 g/mol. The maximum atomic E-state index is 12.7. The molecule has 1 amide bonds. The number of rotatable bonds is 5. The number of nitrogens with zero attached hydrogens (tertiary/aromatic N) is 4. The number of carbonyl (C=O) groups is 1. The smallest absolute Gasteiger partial charge is 0.261 e. The molecular weight excluding hydrogens is 336 g/mol. The third-order valence-corrected chi connectivity index (χ3v) is 5.36. The maximum absolute atomic E-state index is 12.7. The van der Waals surface area contributed by atoms with Crippen molar-refractivity contribution in [2.45, 2.75) is 26.3 Å². The Morgan fingerprint density at radius 2 is 2.08 bits per heavy atom. The summed E-state index contributed by atoms with van der Waals surface area (Å²) in [5.74, 6) is -0.110. The molecule has 6 nitrogen and oxygen atoms in total. The van der Waals surface area contributed by atoms with E-state index in [0.717, 1.165) is 12.1 Å². The molecule has 2 aromatic heterocycles. The van der Waals surface area contributed by atoms with Crippen LogP contribution in [0.4, 0.5) is 0 Å². The van der Waals surface area contributed by atoms with E-state index in [2.05, 4.69) is 9.97 Å². The number of likely N-dealkylation sites (N-methyl/N-ethyl adjacent to an activating group) is 1. The fourth-order valence-electron chi connectivity index (χ4n) is 2.74. The Morgan fingerprint density at radius 3 is 2.80 bits per heavy atom. The topological polar surface area (TPSA) is 68.1 Å². The average molecular weight is 356 g/mol. The molecule has 0 N–H and O–H groups in total. The summed E-state index contributed by atoms with van der Waals surface area (Å²) in [4.78, 5) is 36.7. The van der Waals surface area contributed by atoms with Crippen molar-refractivity contribution in [2.24, 2.45) is 0 Å². The zero-order valence-corrected chi connectivity index (χ0v) is 15.3. The van der Waals surface area contributed by atoms with Crippen LogP contribution in [0, 0.1) is 6.92 Å². The van der Waals surface area contributed by atoms with Crippen molar-refractivity contribution >= 4 is 28.1 Å². The summed E-state index contributed by atoms with van der Waals surface area (Å²) >= 11 is 1.60.